The van der Waals surface area contributed by atoms with Crippen LogP contribution in [0.3, 0.4) is 0 Å². The van der Waals surface area contributed by atoms with E-state index < -0.39 is 0 Å². The number of rotatable bonds is 6. The summed E-state index contributed by atoms with van der Waals surface area (Å²) < 4.78 is 5.38. The lowest BCUT2D eigenvalue weighted by Gasteiger charge is -2.19. The van der Waals surface area contributed by atoms with Crippen molar-refractivity contribution in [2.75, 3.05) is 27.2 Å². The molecule has 1 unspecified atom stereocenters. The molecule has 0 fully saturated rings. The van der Waals surface area contributed by atoms with Crippen LogP contribution in [0.5, 0.6) is 5.75 Å². The quantitative estimate of drug-likeness (QED) is 0.827. The van der Waals surface area contributed by atoms with Crippen molar-refractivity contribution in [2.45, 2.75) is 13.3 Å². The van der Waals surface area contributed by atoms with Crippen LogP contribution in [0.1, 0.15) is 12.5 Å². The fourth-order valence-electron chi connectivity index (χ4n) is 1.81. The summed E-state index contributed by atoms with van der Waals surface area (Å²) in [6.07, 6.45) is 0.667. The Morgan fingerprint density at radius 2 is 1.94 bits per heavy atom. The Labute approximate surface area is 109 Å². The summed E-state index contributed by atoms with van der Waals surface area (Å²) in [4.78, 5) is 13.5. The lowest BCUT2D eigenvalue weighted by Crippen LogP contribution is -2.35. The lowest BCUT2D eigenvalue weighted by atomic mass is 9.98. The molecule has 0 aliphatic rings. The largest absolute Gasteiger partial charge is 0.494 e. The first-order valence-electron chi connectivity index (χ1n) is 6.21. The Morgan fingerprint density at radius 1 is 1.33 bits per heavy atom. The van der Waals surface area contributed by atoms with Crippen LogP contribution < -0.4 is 10.5 Å². The standard InChI is InChI=1S/C14H22N2O2/c1-4-18-13-7-5-11(6-8-13)9-12(10-15)14(17)16(2)3/h5-8,12H,4,9-10,15H2,1-3H3. The first-order chi connectivity index (χ1) is 8.58. The van der Waals surface area contributed by atoms with Gasteiger partial charge in [0.05, 0.1) is 12.5 Å². The fraction of sp³-hybridized carbons (Fsp3) is 0.500. The average molecular weight is 250 g/mol. The number of hydrogen-bond donors (Lipinski definition) is 1. The summed E-state index contributed by atoms with van der Waals surface area (Å²) >= 11 is 0. The van der Waals surface area contributed by atoms with Gasteiger partial charge < -0.3 is 15.4 Å². The molecule has 18 heavy (non-hydrogen) atoms. The van der Waals surface area contributed by atoms with E-state index in [0.29, 0.717) is 19.6 Å². The minimum atomic E-state index is -0.155. The van der Waals surface area contributed by atoms with Gasteiger partial charge in [-0.3, -0.25) is 4.79 Å². The Kier molecular flexibility index (Phi) is 5.65. The van der Waals surface area contributed by atoms with Crippen LogP contribution >= 0.6 is 0 Å². The summed E-state index contributed by atoms with van der Waals surface area (Å²) in [5.41, 5.74) is 6.77. The maximum atomic E-state index is 11.9. The molecule has 0 saturated heterocycles. The monoisotopic (exact) mass is 250 g/mol. The number of carbonyl (C=O) groups excluding carboxylic acids is 1. The molecule has 4 heteroatoms. The van der Waals surface area contributed by atoms with E-state index >= 15 is 0 Å². The Hall–Kier alpha value is -1.55. The van der Waals surface area contributed by atoms with Crippen LogP contribution in [-0.2, 0) is 11.2 Å². The normalized spacial score (nSPS) is 12.0. The molecule has 1 amide bonds. The van der Waals surface area contributed by atoms with Crippen molar-refractivity contribution in [1.82, 2.24) is 4.90 Å². The molecule has 0 aliphatic carbocycles. The SMILES string of the molecule is CCOc1ccc(CC(CN)C(=O)N(C)C)cc1. The minimum absolute atomic E-state index is 0.0754. The zero-order valence-corrected chi connectivity index (χ0v) is 11.3. The van der Waals surface area contributed by atoms with Crippen LogP contribution in [0.2, 0.25) is 0 Å². The molecule has 4 nitrogen and oxygen atoms in total. The second kappa shape index (κ2) is 7.01. The topological polar surface area (TPSA) is 55.6 Å². The molecule has 0 aromatic heterocycles. The van der Waals surface area contributed by atoms with Gasteiger partial charge in [0.15, 0.2) is 0 Å². The molecule has 0 radical (unpaired) electrons. The first kappa shape index (κ1) is 14.5. The van der Waals surface area contributed by atoms with Crippen LogP contribution in [0.25, 0.3) is 0 Å². The Morgan fingerprint density at radius 3 is 2.39 bits per heavy atom. The third kappa shape index (κ3) is 4.04. The number of carbonyl (C=O) groups is 1. The number of hydrogen-bond acceptors (Lipinski definition) is 3. The Balaban J connectivity index is 2.67. The van der Waals surface area contributed by atoms with Gasteiger partial charge in [-0.2, -0.15) is 0 Å². The van der Waals surface area contributed by atoms with Crippen molar-refractivity contribution < 1.29 is 9.53 Å². The number of nitrogens with zero attached hydrogens (tertiary/aromatic N) is 1. The van der Waals surface area contributed by atoms with E-state index in [-0.39, 0.29) is 11.8 Å². The molecule has 1 rings (SSSR count). The van der Waals surface area contributed by atoms with Crippen molar-refractivity contribution in [3.05, 3.63) is 29.8 Å². The van der Waals surface area contributed by atoms with Gasteiger partial charge in [-0.15, -0.1) is 0 Å². The minimum Gasteiger partial charge on any atom is -0.494 e. The Bertz CT molecular complexity index is 374. The highest BCUT2D eigenvalue weighted by molar-refractivity contribution is 5.78. The van der Waals surface area contributed by atoms with E-state index in [2.05, 4.69) is 0 Å². The summed E-state index contributed by atoms with van der Waals surface area (Å²) in [7, 11) is 3.51. The van der Waals surface area contributed by atoms with Crippen molar-refractivity contribution in [2.24, 2.45) is 11.7 Å². The highest BCUT2D eigenvalue weighted by atomic mass is 16.5. The maximum absolute atomic E-state index is 11.9. The van der Waals surface area contributed by atoms with E-state index in [1.54, 1.807) is 19.0 Å². The molecule has 0 spiro atoms. The van der Waals surface area contributed by atoms with E-state index in [9.17, 15) is 4.79 Å². The molecule has 1 aromatic carbocycles. The molecular weight excluding hydrogens is 228 g/mol. The lowest BCUT2D eigenvalue weighted by molar-refractivity contribution is -0.132. The van der Waals surface area contributed by atoms with Crippen molar-refractivity contribution in [1.29, 1.82) is 0 Å². The summed E-state index contributed by atoms with van der Waals surface area (Å²) in [6.45, 7) is 2.97. The molecule has 0 aliphatic heterocycles. The number of nitrogens with two attached hydrogens (primary N) is 1. The third-order valence-corrected chi connectivity index (χ3v) is 2.79. The molecular formula is C14H22N2O2. The number of amides is 1. The first-order valence-corrected chi connectivity index (χ1v) is 6.21. The van der Waals surface area contributed by atoms with E-state index in [1.165, 1.54) is 0 Å². The van der Waals surface area contributed by atoms with Crippen LogP contribution in [-0.4, -0.2) is 38.1 Å². The van der Waals surface area contributed by atoms with Gasteiger partial charge in [-0.05, 0) is 31.0 Å². The summed E-state index contributed by atoms with van der Waals surface area (Å²) in [6, 6.07) is 7.81. The summed E-state index contributed by atoms with van der Waals surface area (Å²) in [5, 5.41) is 0. The molecule has 0 heterocycles. The van der Waals surface area contributed by atoms with Gasteiger partial charge in [0.25, 0.3) is 0 Å². The van der Waals surface area contributed by atoms with Crippen molar-refractivity contribution >= 4 is 5.91 Å². The van der Waals surface area contributed by atoms with Gasteiger partial charge in [-0.25, -0.2) is 0 Å². The smallest absolute Gasteiger partial charge is 0.226 e. The molecule has 100 valence electrons. The highest BCUT2D eigenvalue weighted by Gasteiger charge is 2.18. The van der Waals surface area contributed by atoms with Gasteiger partial charge in [0, 0.05) is 20.6 Å². The number of ether oxygens (including phenoxy) is 1. The fourth-order valence-corrected chi connectivity index (χ4v) is 1.81. The predicted octanol–water partition coefficient (Wildman–Crippen LogP) is 1.29. The van der Waals surface area contributed by atoms with E-state index in [4.69, 9.17) is 10.5 Å². The molecule has 0 bridgehead atoms. The highest BCUT2D eigenvalue weighted by Crippen LogP contribution is 2.15. The predicted molar refractivity (Wildman–Crippen MR) is 72.6 cm³/mol. The van der Waals surface area contributed by atoms with Gasteiger partial charge in [-0.1, -0.05) is 12.1 Å². The van der Waals surface area contributed by atoms with Crippen LogP contribution in [0, 0.1) is 5.92 Å². The van der Waals surface area contributed by atoms with E-state index in [0.717, 1.165) is 11.3 Å². The molecule has 2 N–H and O–H groups in total. The average Bonchev–Trinajstić information content (AvgIpc) is 2.37. The van der Waals surface area contributed by atoms with Crippen molar-refractivity contribution in [3.63, 3.8) is 0 Å². The molecule has 0 saturated carbocycles. The zero-order chi connectivity index (χ0) is 13.5. The second-order valence-corrected chi connectivity index (χ2v) is 4.45. The zero-order valence-electron chi connectivity index (χ0n) is 11.3. The van der Waals surface area contributed by atoms with Gasteiger partial charge in [0.2, 0.25) is 5.91 Å². The number of benzene rings is 1. The van der Waals surface area contributed by atoms with Crippen LogP contribution in [0.15, 0.2) is 24.3 Å². The summed E-state index contributed by atoms with van der Waals surface area (Å²) in [5.74, 6) is 0.772. The molecule has 1 aromatic rings. The van der Waals surface area contributed by atoms with Crippen molar-refractivity contribution in [3.8, 4) is 5.75 Å². The second-order valence-electron chi connectivity index (χ2n) is 4.45. The van der Waals surface area contributed by atoms with Crippen LogP contribution in [0.4, 0.5) is 0 Å². The third-order valence-electron chi connectivity index (χ3n) is 2.79. The van der Waals surface area contributed by atoms with Gasteiger partial charge >= 0.3 is 0 Å². The molecule has 1 atom stereocenters. The maximum Gasteiger partial charge on any atom is 0.226 e. The van der Waals surface area contributed by atoms with E-state index in [1.807, 2.05) is 31.2 Å². The van der Waals surface area contributed by atoms with Gasteiger partial charge in [0.1, 0.15) is 5.75 Å².